The number of hydrogen-bond acceptors (Lipinski definition) is 5. The van der Waals surface area contributed by atoms with Crippen molar-refractivity contribution in [2.24, 2.45) is 0 Å². The molecule has 0 saturated heterocycles. The van der Waals surface area contributed by atoms with Crippen molar-refractivity contribution in [3.8, 4) is 11.5 Å². The Labute approximate surface area is 166 Å². The highest BCUT2D eigenvalue weighted by molar-refractivity contribution is 7.90. The predicted molar refractivity (Wildman–Crippen MR) is 108 cm³/mol. The summed E-state index contributed by atoms with van der Waals surface area (Å²) in [5, 5.41) is 3.00. The Kier molecular flexibility index (Phi) is 7.45. The first-order chi connectivity index (χ1) is 13.3. The Morgan fingerprint density at radius 3 is 2.21 bits per heavy atom. The third kappa shape index (κ3) is 5.73. The lowest BCUT2D eigenvalue weighted by Crippen LogP contribution is -2.39. The third-order valence-corrected chi connectivity index (χ3v) is 5.55. The Morgan fingerprint density at radius 1 is 1.04 bits per heavy atom. The van der Waals surface area contributed by atoms with E-state index in [0.717, 1.165) is 5.56 Å². The second-order valence-electron chi connectivity index (χ2n) is 6.50. The fourth-order valence-corrected chi connectivity index (χ4v) is 3.42. The quantitative estimate of drug-likeness (QED) is 0.690. The number of methoxy groups -OCH3 is 1. The van der Waals surface area contributed by atoms with Gasteiger partial charge in [-0.3, -0.25) is 4.79 Å². The molecule has 28 heavy (non-hydrogen) atoms. The van der Waals surface area contributed by atoms with Crippen LogP contribution in [0, 0.1) is 0 Å². The van der Waals surface area contributed by atoms with E-state index >= 15 is 0 Å². The Bertz CT molecular complexity index is 893. The average Bonchev–Trinajstić information content (AvgIpc) is 2.69. The largest absolute Gasteiger partial charge is 0.497 e. The van der Waals surface area contributed by atoms with Gasteiger partial charge in [0.1, 0.15) is 11.5 Å². The number of benzene rings is 2. The van der Waals surface area contributed by atoms with E-state index in [1.165, 1.54) is 6.26 Å². The molecular weight excluding hydrogens is 378 g/mol. The lowest BCUT2D eigenvalue weighted by atomic mass is 10.0. The van der Waals surface area contributed by atoms with E-state index in [2.05, 4.69) is 5.32 Å². The van der Waals surface area contributed by atoms with E-state index in [1.807, 2.05) is 13.8 Å². The van der Waals surface area contributed by atoms with Crippen molar-refractivity contribution in [1.82, 2.24) is 5.32 Å². The van der Waals surface area contributed by atoms with Gasteiger partial charge in [-0.1, -0.05) is 32.0 Å². The molecule has 0 saturated carbocycles. The fraction of sp³-hybridized carbons (Fsp3) is 0.381. The first-order valence-corrected chi connectivity index (χ1v) is 11.1. The Morgan fingerprint density at radius 2 is 1.68 bits per heavy atom. The minimum Gasteiger partial charge on any atom is -0.497 e. The van der Waals surface area contributed by atoms with Gasteiger partial charge >= 0.3 is 0 Å². The van der Waals surface area contributed by atoms with Gasteiger partial charge in [0.2, 0.25) is 0 Å². The van der Waals surface area contributed by atoms with Crippen LogP contribution < -0.4 is 14.8 Å². The van der Waals surface area contributed by atoms with E-state index in [1.54, 1.807) is 55.6 Å². The number of hydrogen-bond donors (Lipinski definition) is 1. The van der Waals surface area contributed by atoms with Crippen LogP contribution in [0.2, 0.25) is 0 Å². The van der Waals surface area contributed by atoms with Crippen LogP contribution in [0.1, 0.15) is 38.3 Å². The number of carbonyl (C=O) groups is 1. The molecule has 7 heteroatoms. The Hall–Kier alpha value is -2.54. The maximum absolute atomic E-state index is 12.7. The normalized spacial score (nSPS) is 13.4. The maximum atomic E-state index is 12.7. The number of carbonyl (C=O) groups excluding carboxylic acids is 1. The van der Waals surface area contributed by atoms with Crippen LogP contribution in [-0.4, -0.2) is 33.8 Å². The molecule has 2 atom stereocenters. The van der Waals surface area contributed by atoms with E-state index < -0.39 is 15.9 Å². The molecule has 0 aliphatic rings. The van der Waals surface area contributed by atoms with E-state index in [0.29, 0.717) is 24.3 Å². The predicted octanol–water partition coefficient (Wildman–Crippen LogP) is 3.52. The lowest BCUT2D eigenvalue weighted by Gasteiger charge is -2.22. The number of nitrogens with one attached hydrogen (secondary N) is 1. The molecule has 6 nitrogen and oxygen atoms in total. The van der Waals surface area contributed by atoms with Crippen molar-refractivity contribution in [2.45, 2.75) is 43.7 Å². The summed E-state index contributed by atoms with van der Waals surface area (Å²) in [6.45, 7) is 3.84. The van der Waals surface area contributed by atoms with Crippen LogP contribution in [0.4, 0.5) is 0 Å². The first-order valence-electron chi connectivity index (χ1n) is 9.19. The molecule has 0 aliphatic carbocycles. The first kappa shape index (κ1) is 21.8. The van der Waals surface area contributed by atoms with Gasteiger partial charge < -0.3 is 14.8 Å². The van der Waals surface area contributed by atoms with Crippen LogP contribution in [0.15, 0.2) is 53.4 Å². The van der Waals surface area contributed by atoms with Gasteiger partial charge in [0, 0.05) is 12.3 Å². The molecule has 0 fully saturated rings. The Balaban J connectivity index is 2.10. The number of amides is 1. The molecule has 0 heterocycles. The van der Waals surface area contributed by atoms with Crippen LogP contribution >= 0.6 is 0 Å². The zero-order valence-corrected chi connectivity index (χ0v) is 17.5. The number of ether oxygens (including phenoxy) is 2. The highest BCUT2D eigenvalue weighted by Gasteiger charge is 2.22. The zero-order chi connectivity index (χ0) is 20.7. The summed E-state index contributed by atoms with van der Waals surface area (Å²) in [7, 11) is -1.68. The van der Waals surface area contributed by atoms with Crippen molar-refractivity contribution in [2.75, 3.05) is 13.4 Å². The summed E-state index contributed by atoms with van der Waals surface area (Å²) >= 11 is 0. The summed E-state index contributed by atoms with van der Waals surface area (Å²) < 4.78 is 34.2. The van der Waals surface area contributed by atoms with Crippen LogP contribution in [0.3, 0.4) is 0 Å². The molecule has 1 N–H and O–H groups in total. The minimum atomic E-state index is -3.25. The van der Waals surface area contributed by atoms with Crippen molar-refractivity contribution < 1.29 is 22.7 Å². The molecule has 2 aromatic rings. The molecule has 2 rings (SSSR count). The molecule has 0 spiro atoms. The summed E-state index contributed by atoms with van der Waals surface area (Å²) in [4.78, 5) is 13.0. The summed E-state index contributed by atoms with van der Waals surface area (Å²) in [5.41, 5.74) is 0.847. The van der Waals surface area contributed by atoms with E-state index in [4.69, 9.17) is 9.47 Å². The fourth-order valence-electron chi connectivity index (χ4n) is 2.79. The molecular formula is C21H27NO5S. The standard InChI is InChI=1S/C21H27NO5S/c1-5-19(15-10-12-18(13-11-15)28(4,24)25)22-21(23)20(6-2)27-17-9-7-8-16(14-17)26-3/h7-14,19-20H,5-6H2,1-4H3,(H,22,23)/t19-,20-/m0/s1. The van der Waals surface area contributed by atoms with Gasteiger partial charge in [0.05, 0.1) is 18.0 Å². The van der Waals surface area contributed by atoms with Crippen LogP contribution in [0.25, 0.3) is 0 Å². The lowest BCUT2D eigenvalue weighted by molar-refractivity contribution is -0.129. The van der Waals surface area contributed by atoms with Gasteiger partial charge in [-0.25, -0.2) is 8.42 Å². The summed E-state index contributed by atoms with van der Waals surface area (Å²) in [5.74, 6) is 1.00. The minimum absolute atomic E-state index is 0.218. The number of rotatable bonds is 9. The smallest absolute Gasteiger partial charge is 0.261 e. The molecule has 0 aliphatic heterocycles. The number of sulfone groups is 1. The summed E-state index contributed by atoms with van der Waals surface area (Å²) in [6.07, 6.45) is 1.70. The molecule has 0 aromatic heterocycles. The molecule has 2 aromatic carbocycles. The SMILES string of the molecule is CC[C@H](Oc1cccc(OC)c1)C(=O)N[C@@H](CC)c1ccc(S(C)(=O)=O)cc1. The van der Waals surface area contributed by atoms with Gasteiger partial charge in [-0.2, -0.15) is 0 Å². The second kappa shape index (κ2) is 9.59. The highest BCUT2D eigenvalue weighted by Crippen LogP contribution is 2.22. The third-order valence-electron chi connectivity index (χ3n) is 4.42. The van der Waals surface area contributed by atoms with E-state index in [9.17, 15) is 13.2 Å². The zero-order valence-electron chi connectivity index (χ0n) is 16.6. The molecule has 0 bridgehead atoms. The molecule has 0 unspecified atom stereocenters. The van der Waals surface area contributed by atoms with Gasteiger partial charge in [-0.15, -0.1) is 0 Å². The van der Waals surface area contributed by atoms with Crippen LogP contribution in [0.5, 0.6) is 11.5 Å². The topological polar surface area (TPSA) is 81.7 Å². The van der Waals surface area contributed by atoms with Gasteiger partial charge in [0.25, 0.3) is 5.91 Å². The van der Waals surface area contributed by atoms with Crippen LogP contribution in [-0.2, 0) is 14.6 Å². The van der Waals surface area contributed by atoms with Crippen molar-refractivity contribution in [1.29, 1.82) is 0 Å². The molecule has 1 amide bonds. The monoisotopic (exact) mass is 405 g/mol. The van der Waals surface area contributed by atoms with Gasteiger partial charge in [0.15, 0.2) is 15.9 Å². The highest BCUT2D eigenvalue weighted by atomic mass is 32.2. The molecule has 152 valence electrons. The van der Waals surface area contributed by atoms with Crippen molar-refractivity contribution in [3.63, 3.8) is 0 Å². The van der Waals surface area contributed by atoms with Crippen molar-refractivity contribution >= 4 is 15.7 Å². The van der Waals surface area contributed by atoms with E-state index in [-0.39, 0.29) is 16.8 Å². The van der Waals surface area contributed by atoms with Crippen molar-refractivity contribution in [3.05, 3.63) is 54.1 Å². The molecule has 0 radical (unpaired) electrons. The second-order valence-corrected chi connectivity index (χ2v) is 8.52. The summed E-state index contributed by atoms with van der Waals surface area (Å²) in [6, 6.07) is 13.5. The average molecular weight is 406 g/mol. The van der Waals surface area contributed by atoms with Gasteiger partial charge in [-0.05, 0) is 42.7 Å². The maximum Gasteiger partial charge on any atom is 0.261 e.